The number of amides is 3. The third-order valence-electron chi connectivity index (χ3n) is 26.6. The van der Waals surface area contributed by atoms with Crippen LogP contribution in [0.5, 0.6) is 0 Å². The van der Waals surface area contributed by atoms with Gasteiger partial charge in [0.25, 0.3) is 11.4 Å². The molecule has 30 heteroatoms. The molecule has 5 fully saturated rings. The summed E-state index contributed by atoms with van der Waals surface area (Å²) < 4.78 is 0. The van der Waals surface area contributed by atoms with Crippen molar-refractivity contribution in [2.75, 3.05) is 156 Å². The number of hydrogen-bond donors (Lipinski definition) is 5. The van der Waals surface area contributed by atoms with E-state index in [4.69, 9.17) is 33.9 Å². The van der Waals surface area contributed by atoms with Crippen molar-refractivity contribution in [3.63, 3.8) is 0 Å². The zero-order valence-corrected chi connectivity index (χ0v) is 84.5. The number of nitrogen functional groups attached to an aromatic ring is 2. The Kier molecular flexibility index (Phi) is 47.2. The molecule has 0 saturated carbocycles. The van der Waals surface area contributed by atoms with Gasteiger partial charge in [0.2, 0.25) is 17.7 Å². The fourth-order valence-corrected chi connectivity index (χ4v) is 21.5. The summed E-state index contributed by atoms with van der Waals surface area (Å²) in [6, 6.07) is 40.3. The zero-order valence-electron chi connectivity index (χ0n) is 76.6. The number of nitrogens with zero attached hydrogens (tertiary/aromatic N) is 11. The Balaban J connectivity index is 0.000000209. The molecular formula is C98H142Cl2IN16O7PdS3-. The van der Waals surface area contributed by atoms with Crippen LogP contribution in [0.25, 0.3) is 0 Å². The van der Waals surface area contributed by atoms with Crippen LogP contribution in [0.3, 0.4) is 0 Å². The smallest absolute Gasteiger partial charge is 0.269 e. The van der Waals surface area contributed by atoms with E-state index in [-0.39, 0.29) is 98.3 Å². The Morgan fingerprint density at radius 1 is 0.469 bits per heavy atom. The number of fused-ring (bicyclic) bond motifs is 5. The molecule has 0 radical (unpaired) electrons. The number of nitro benzene ring substituents is 2. The Morgan fingerprint density at radius 3 is 1.29 bits per heavy atom. The third-order valence-corrected chi connectivity index (χ3v) is 29.4. The van der Waals surface area contributed by atoms with Gasteiger partial charge >= 0.3 is 0 Å². The van der Waals surface area contributed by atoms with Gasteiger partial charge in [0.15, 0.2) is 0 Å². The van der Waals surface area contributed by atoms with Crippen molar-refractivity contribution in [1.29, 1.82) is 10.8 Å². The van der Waals surface area contributed by atoms with Crippen LogP contribution in [0.15, 0.2) is 126 Å². The van der Waals surface area contributed by atoms with E-state index in [1.165, 1.54) is 232 Å². The van der Waals surface area contributed by atoms with Crippen molar-refractivity contribution in [3.8, 4) is 0 Å². The van der Waals surface area contributed by atoms with Crippen LogP contribution in [0.1, 0.15) is 204 Å². The van der Waals surface area contributed by atoms with Gasteiger partial charge in [-0.25, -0.2) is 0 Å². The summed E-state index contributed by atoms with van der Waals surface area (Å²) >= 11 is 10.4. The van der Waals surface area contributed by atoms with Gasteiger partial charge in [0, 0.05) is 190 Å². The molecule has 3 amide bonds. The number of anilines is 7. The molecule has 12 heterocycles. The molecular weight excluding hydrogens is 1910 g/mol. The molecule has 5 saturated heterocycles. The number of non-ortho nitro benzene ring substituents is 2. The first-order chi connectivity index (χ1) is 60.0. The minimum Gasteiger partial charge on any atom is -0.399 e. The molecule has 7 aromatic rings. The average molecular weight is 2060 g/mol. The Bertz CT molecular complexity index is 4640. The van der Waals surface area contributed by atoms with Gasteiger partial charge in [-0.1, -0.05) is 24.3 Å². The Hall–Kier alpha value is -6.63. The quantitative estimate of drug-likeness (QED) is 0.00546. The van der Waals surface area contributed by atoms with Gasteiger partial charge in [-0.15, -0.1) is 82.4 Å². The normalized spacial score (nSPS) is 20.3. The minimum absolute atomic E-state index is 0. The van der Waals surface area contributed by atoms with Crippen LogP contribution in [-0.2, 0) is 73.3 Å². The van der Waals surface area contributed by atoms with Gasteiger partial charge in [0.1, 0.15) is 5.04 Å². The number of nitrogens with two attached hydrogens (primary N) is 2. The topological polar surface area (TPSA) is 278 Å². The van der Waals surface area contributed by atoms with Crippen molar-refractivity contribution >= 4 is 162 Å². The molecule has 0 aliphatic carbocycles. The van der Waals surface area contributed by atoms with Crippen LogP contribution in [0.2, 0.25) is 0 Å². The van der Waals surface area contributed by atoms with E-state index in [0.29, 0.717) is 55.0 Å². The molecule has 10 aliphatic rings. The molecule has 128 heavy (non-hydrogen) atoms. The fourth-order valence-electron chi connectivity index (χ4n) is 19.4. The molecule has 706 valence electrons. The summed E-state index contributed by atoms with van der Waals surface area (Å²) in [6.07, 6.45) is 35.5. The summed E-state index contributed by atoms with van der Waals surface area (Å²) in [7, 11) is 11.1. The maximum Gasteiger partial charge on any atom is 0.269 e. The second-order valence-corrected chi connectivity index (χ2v) is 38.2. The van der Waals surface area contributed by atoms with Crippen molar-refractivity contribution in [3.05, 3.63) is 197 Å². The predicted octanol–water partition coefficient (Wildman–Crippen LogP) is 20.6. The number of aryl methyl sites for hydroxylation is 5. The van der Waals surface area contributed by atoms with Gasteiger partial charge in [0.05, 0.1) is 20.4 Å². The van der Waals surface area contributed by atoms with Gasteiger partial charge < -0.3 is 73.7 Å². The summed E-state index contributed by atoms with van der Waals surface area (Å²) in [5, 5.41) is 44.7. The SMILES string of the molecule is CN1CCCC1CCCl.CN1CCCC1CCN1C(=O)CCCc2cc(N)ccc21.CN1CCCC1CCN1C(=O)CCCc2cc([N+](=O)[O-])ccc21.CN1CCCC1CCN1CCCCc2cc(CC(=N)c3cccs3)ccc21.CN1CCCC1CCN1CCCCc2cc(N)ccc21.CSC(=N)c1cccs1.Cl.I.O=C1CCCc2cc([N+](=O)[O-])ccc2N1.[CH3-].[Pd]. The van der Waals surface area contributed by atoms with Crippen molar-refractivity contribution < 1.29 is 44.7 Å². The van der Waals surface area contributed by atoms with Crippen LogP contribution < -0.4 is 36.4 Å². The summed E-state index contributed by atoms with van der Waals surface area (Å²) in [6.45, 7) is 12.4. The monoisotopic (exact) mass is 2050 g/mol. The van der Waals surface area contributed by atoms with Crippen LogP contribution in [0.4, 0.5) is 51.2 Å². The van der Waals surface area contributed by atoms with E-state index < -0.39 is 4.92 Å². The van der Waals surface area contributed by atoms with E-state index in [0.717, 1.165) is 144 Å². The number of benzene rings is 5. The van der Waals surface area contributed by atoms with E-state index in [1.807, 2.05) is 57.8 Å². The van der Waals surface area contributed by atoms with Crippen LogP contribution >= 0.6 is 82.4 Å². The van der Waals surface area contributed by atoms with Crippen LogP contribution in [-0.4, -0.2) is 212 Å². The zero-order chi connectivity index (χ0) is 88.0. The number of nitrogens with one attached hydrogen (secondary N) is 3. The molecule has 5 aromatic carbocycles. The number of thiophene rings is 2. The number of carbonyl (C=O) groups excluding carboxylic acids is 3. The van der Waals surface area contributed by atoms with Crippen molar-refractivity contribution in [2.45, 2.75) is 229 Å². The fraction of sp³-hybridized carbons (Fsp3) is 0.551. The van der Waals surface area contributed by atoms with Gasteiger partial charge in [-0.3, -0.25) is 40.0 Å². The largest absolute Gasteiger partial charge is 0.399 e. The molecule has 23 nitrogen and oxygen atoms in total. The van der Waals surface area contributed by atoms with E-state index in [1.54, 1.807) is 40.9 Å². The van der Waals surface area contributed by atoms with Gasteiger partial charge in [-0.2, -0.15) is 0 Å². The Labute approximate surface area is 817 Å². The molecule has 2 aromatic heterocycles. The predicted molar refractivity (Wildman–Crippen MR) is 547 cm³/mol. The number of rotatable bonds is 20. The first-order valence-corrected chi connectivity index (χ1v) is 49.2. The number of likely N-dealkylation sites (tertiary alicyclic amines) is 5. The summed E-state index contributed by atoms with van der Waals surface area (Å²) in [5.41, 5.74) is 27.2. The third kappa shape index (κ3) is 32.4. The molecule has 0 spiro atoms. The van der Waals surface area contributed by atoms with E-state index in [9.17, 15) is 34.6 Å². The first kappa shape index (κ1) is 108. The second-order valence-electron chi connectivity index (χ2n) is 35.2. The maximum atomic E-state index is 12.5. The molecule has 5 unspecified atom stereocenters. The van der Waals surface area contributed by atoms with E-state index >= 15 is 0 Å². The number of halogens is 3. The van der Waals surface area contributed by atoms with Crippen molar-refractivity contribution in [2.24, 2.45) is 0 Å². The average Bonchev–Trinajstić information content (AvgIpc) is 2.05. The molecule has 5 atom stereocenters. The number of thioether (sulfide) groups is 1. The first-order valence-electron chi connectivity index (χ1n) is 45.7. The van der Waals surface area contributed by atoms with Crippen LogP contribution in [0, 0.1) is 38.5 Å². The number of nitro groups is 2. The summed E-state index contributed by atoms with van der Waals surface area (Å²) in [5.74, 6) is 1.19. The standard InChI is InChI=1S/C23H31N3S.C17H23N3O3.C17H25N3O.C17H27N3.C10H10N2O3.C7H14ClN.C6H7NS2.CH3.ClH.HI.Pd/c1-25-12-4-7-20(25)11-14-26-13-3-2-6-19-16-18(9-10-22(19)26)17-21(24)23-8-5-15-27-23;1-18-10-3-5-14(18)9-11-19-16-8-7-15(20(22)23)12-13(16)4-2-6-17(19)21;1-19-10-3-5-15(19)9-11-20-16-8-7-14(18)12-13(16)4-2-6-17(20)21;1-19-10-4-6-16(19)9-12-20-11-3-2-5-14-13-15(18)7-8-17(14)20;13-10-3-1-2-7-6-8(12(14)15)4-5-9(7)11-10;1-9-6-2-3-7(9)4-5-8;1-8-6(7)5-3-2-4-9-5;;;;/h5,8-10,15-16,20,24H,2-4,6-7,11-14,17H2,1H3;7-8,12,14H,2-6,9-11H2,1H3;7-8,12,15H,2-6,9-11,18H2,1H3;7-8,13,16H,2-6,9-12,18H2,1H3;4-6H,1-3H2,(H,11,13);7H,2-6H2,1H3;2-4,7H,1H3;1H3;2*1H;/q;;;;;;;-1;;;. The molecule has 10 aliphatic heterocycles. The number of hydrogen-bond acceptors (Lipinski definition) is 21. The molecule has 17 rings (SSSR count). The summed E-state index contributed by atoms with van der Waals surface area (Å²) in [4.78, 5) is 80.3. The van der Waals surface area contributed by atoms with E-state index in [2.05, 4.69) is 123 Å². The number of carbonyl (C=O) groups is 3. The minimum atomic E-state index is -0.424. The molecule has 7 N–H and O–H groups in total. The maximum absolute atomic E-state index is 12.5. The Morgan fingerprint density at radius 2 is 0.852 bits per heavy atom. The molecule has 0 bridgehead atoms. The van der Waals surface area contributed by atoms with Crippen molar-refractivity contribution in [1.82, 2.24) is 24.5 Å². The number of alkyl halides is 1. The van der Waals surface area contributed by atoms with Gasteiger partial charge in [-0.05, 0) is 358 Å². The second kappa shape index (κ2) is 55.8.